The molecule has 23 heavy (non-hydrogen) atoms. The minimum absolute atomic E-state index is 0.235. The Morgan fingerprint density at radius 2 is 2.17 bits per heavy atom. The van der Waals surface area contributed by atoms with Crippen LogP contribution >= 0.6 is 11.3 Å². The van der Waals surface area contributed by atoms with Crippen LogP contribution in [0.2, 0.25) is 0 Å². The van der Waals surface area contributed by atoms with Gasteiger partial charge in [-0.2, -0.15) is 0 Å². The third-order valence-electron chi connectivity index (χ3n) is 3.81. The lowest BCUT2D eigenvalue weighted by molar-refractivity contribution is -0.117. The predicted molar refractivity (Wildman–Crippen MR) is 90.5 cm³/mol. The van der Waals surface area contributed by atoms with Crippen molar-refractivity contribution in [2.45, 2.75) is 19.4 Å². The van der Waals surface area contributed by atoms with E-state index in [-0.39, 0.29) is 11.9 Å². The van der Waals surface area contributed by atoms with Crippen molar-refractivity contribution < 1.29 is 9.59 Å². The van der Waals surface area contributed by atoms with E-state index in [4.69, 9.17) is 0 Å². The Kier molecular flexibility index (Phi) is 4.29. The van der Waals surface area contributed by atoms with Crippen LogP contribution in [0.25, 0.3) is 11.3 Å². The number of hydrogen-bond donors (Lipinski definition) is 2. The minimum atomic E-state index is -0.538. The fourth-order valence-electron chi connectivity index (χ4n) is 2.38. The highest BCUT2D eigenvalue weighted by molar-refractivity contribution is 7.14. The molecule has 6 nitrogen and oxygen atoms in total. The number of nitrogens with zero attached hydrogens (tertiary/aromatic N) is 2. The number of carbonyl (C=O) groups is 2. The van der Waals surface area contributed by atoms with Crippen LogP contribution in [-0.4, -0.2) is 41.5 Å². The van der Waals surface area contributed by atoms with Gasteiger partial charge in [0.05, 0.1) is 12.2 Å². The van der Waals surface area contributed by atoms with E-state index >= 15 is 0 Å². The molecule has 7 heteroatoms. The van der Waals surface area contributed by atoms with E-state index in [0.717, 1.165) is 17.7 Å². The number of anilines is 1. The number of carbonyl (C=O) groups excluding carboxylic acids is 2. The zero-order valence-electron chi connectivity index (χ0n) is 13.0. The fourth-order valence-corrected chi connectivity index (χ4v) is 3.10. The molecule has 0 bridgehead atoms. The van der Waals surface area contributed by atoms with Crippen molar-refractivity contribution in [3.63, 3.8) is 0 Å². The average molecular weight is 330 g/mol. The molecule has 1 aliphatic rings. The number of rotatable bonds is 4. The molecule has 1 aliphatic heterocycles. The maximum atomic E-state index is 12.1. The summed E-state index contributed by atoms with van der Waals surface area (Å²) < 4.78 is 0. The summed E-state index contributed by atoms with van der Waals surface area (Å²) in [5.41, 5.74) is 3.13. The molecule has 1 aromatic carbocycles. The van der Waals surface area contributed by atoms with Crippen LogP contribution in [-0.2, 0) is 11.2 Å². The van der Waals surface area contributed by atoms with Crippen molar-refractivity contribution in [2.75, 3.05) is 18.9 Å². The van der Waals surface area contributed by atoms with E-state index in [1.54, 1.807) is 7.05 Å². The average Bonchev–Trinajstić information content (AvgIpc) is 3.15. The lowest BCUT2D eigenvalue weighted by Gasteiger charge is -2.08. The van der Waals surface area contributed by atoms with E-state index in [9.17, 15) is 9.59 Å². The van der Waals surface area contributed by atoms with Gasteiger partial charge in [-0.1, -0.05) is 31.2 Å². The highest BCUT2D eigenvalue weighted by Gasteiger charge is 2.31. The predicted octanol–water partition coefficient (Wildman–Crippen LogP) is 2.33. The molecule has 1 atom stereocenters. The zero-order valence-corrected chi connectivity index (χ0v) is 13.8. The van der Waals surface area contributed by atoms with Gasteiger partial charge in [-0.15, -0.1) is 11.3 Å². The molecule has 0 saturated carbocycles. The first-order chi connectivity index (χ1) is 11.1. The summed E-state index contributed by atoms with van der Waals surface area (Å²) in [7, 11) is 1.66. The number of aryl methyl sites for hydroxylation is 1. The lowest BCUT2D eigenvalue weighted by atomic mass is 10.1. The Balaban J connectivity index is 1.67. The van der Waals surface area contributed by atoms with E-state index in [1.165, 1.54) is 21.8 Å². The van der Waals surface area contributed by atoms with E-state index in [1.807, 2.05) is 17.5 Å². The molecule has 2 heterocycles. The molecule has 1 unspecified atom stereocenters. The SMILES string of the molecule is CCc1ccc(-c2csc(NC(=O)C3CN(C)C(=O)N3)n2)cc1. The quantitative estimate of drug-likeness (QED) is 0.903. The summed E-state index contributed by atoms with van der Waals surface area (Å²) in [5, 5.41) is 7.84. The third kappa shape index (κ3) is 3.34. The summed E-state index contributed by atoms with van der Waals surface area (Å²) >= 11 is 1.37. The van der Waals surface area contributed by atoms with Gasteiger partial charge in [0.1, 0.15) is 6.04 Å². The van der Waals surface area contributed by atoms with Crippen molar-refractivity contribution in [1.29, 1.82) is 0 Å². The van der Waals surface area contributed by atoms with Crippen LogP contribution in [0.5, 0.6) is 0 Å². The highest BCUT2D eigenvalue weighted by Crippen LogP contribution is 2.25. The molecule has 0 radical (unpaired) electrons. The van der Waals surface area contributed by atoms with Crippen molar-refractivity contribution in [2.24, 2.45) is 0 Å². The van der Waals surface area contributed by atoms with Gasteiger partial charge in [-0.3, -0.25) is 4.79 Å². The summed E-state index contributed by atoms with van der Waals surface area (Å²) in [6.07, 6.45) is 1.00. The normalized spacial score (nSPS) is 17.2. The van der Waals surface area contributed by atoms with Crippen LogP contribution in [0.1, 0.15) is 12.5 Å². The van der Waals surface area contributed by atoms with Crippen molar-refractivity contribution in [1.82, 2.24) is 15.2 Å². The molecule has 0 aliphatic carbocycles. The number of nitrogens with one attached hydrogen (secondary N) is 2. The maximum absolute atomic E-state index is 12.1. The largest absolute Gasteiger partial charge is 0.325 e. The van der Waals surface area contributed by atoms with Gasteiger partial charge < -0.3 is 15.5 Å². The zero-order chi connectivity index (χ0) is 16.4. The molecule has 1 aromatic heterocycles. The first kappa shape index (κ1) is 15.5. The first-order valence-electron chi connectivity index (χ1n) is 7.44. The van der Waals surface area contributed by atoms with Gasteiger partial charge in [-0.25, -0.2) is 9.78 Å². The number of benzene rings is 1. The summed E-state index contributed by atoms with van der Waals surface area (Å²) in [6, 6.07) is 7.45. The molecule has 2 N–H and O–H groups in total. The van der Waals surface area contributed by atoms with Crippen LogP contribution in [0, 0.1) is 0 Å². The second-order valence-corrected chi connectivity index (χ2v) is 6.32. The van der Waals surface area contributed by atoms with E-state index in [0.29, 0.717) is 11.7 Å². The smallest absolute Gasteiger partial charge is 0.317 e. The number of thiazole rings is 1. The van der Waals surface area contributed by atoms with Gasteiger partial charge in [0, 0.05) is 18.0 Å². The number of amides is 3. The van der Waals surface area contributed by atoms with Crippen molar-refractivity contribution >= 4 is 28.4 Å². The minimum Gasteiger partial charge on any atom is -0.325 e. The molecule has 3 rings (SSSR count). The monoisotopic (exact) mass is 330 g/mol. The standard InChI is InChI=1S/C16H18N4O2S/c1-3-10-4-6-11(7-5-10)13-9-23-15(17-13)19-14(21)12-8-20(2)16(22)18-12/h4-7,9,12H,3,8H2,1-2H3,(H,18,22)(H,17,19,21). The summed E-state index contributed by atoms with van der Waals surface area (Å²) in [6.45, 7) is 2.48. The third-order valence-corrected chi connectivity index (χ3v) is 4.57. The van der Waals surface area contributed by atoms with Crippen molar-refractivity contribution in [3.8, 4) is 11.3 Å². The molecule has 3 amide bonds. The van der Waals surface area contributed by atoms with E-state index in [2.05, 4.69) is 34.7 Å². The van der Waals surface area contributed by atoms with Gasteiger partial charge in [0.2, 0.25) is 0 Å². The Hall–Kier alpha value is -2.41. The molecule has 1 fully saturated rings. The lowest BCUT2D eigenvalue weighted by Crippen LogP contribution is -2.38. The number of urea groups is 1. The summed E-state index contributed by atoms with van der Waals surface area (Å²) in [4.78, 5) is 29.5. The Morgan fingerprint density at radius 1 is 1.43 bits per heavy atom. The van der Waals surface area contributed by atoms with Crippen LogP contribution in [0.3, 0.4) is 0 Å². The maximum Gasteiger partial charge on any atom is 0.317 e. The van der Waals surface area contributed by atoms with Gasteiger partial charge in [0.15, 0.2) is 5.13 Å². The first-order valence-corrected chi connectivity index (χ1v) is 8.32. The molecule has 0 spiro atoms. The molecular formula is C16H18N4O2S. The Bertz CT molecular complexity index is 726. The van der Waals surface area contributed by atoms with E-state index < -0.39 is 6.04 Å². The van der Waals surface area contributed by atoms with Crippen LogP contribution < -0.4 is 10.6 Å². The molecule has 120 valence electrons. The number of aromatic nitrogens is 1. The van der Waals surface area contributed by atoms with Crippen molar-refractivity contribution in [3.05, 3.63) is 35.2 Å². The van der Waals surface area contributed by atoms with Crippen LogP contribution in [0.4, 0.5) is 9.93 Å². The fraction of sp³-hybridized carbons (Fsp3) is 0.312. The molecular weight excluding hydrogens is 312 g/mol. The Morgan fingerprint density at radius 3 is 2.78 bits per heavy atom. The van der Waals surface area contributed by atoms with Gasteiger partial charge >= 0.3 is 6.03 Å². The number of likely N-dealkylation sites (N-methyl/N-ethyl adjacent to an activating group) is 1. The molecule has 2 aromatic rings. The Labute approximate surface area is 138 Å². The van der Waals surface area contributed by atoms with Gasteiger partial charge in [0.25, 0.3) is 5.91 Å². The number of hydrogen-bond acceptors (Lipinski definition) is 4. The van der Waals surface area contributed by atoms with Gasteiger partial charge in [-0.05, 0) is 12.0 Å². The topological polar surface area (TPSA) is 74.3 Å². The second kappa shape index (κ2) is 6.37. The molecule has 1 saturated heterocycles. The second-order valence-electron chi connectivity index (χ2n) is 5.46. The summed E-state index contributed by atoms with van der Waals surface area (Å²) in [5.74, 6) is -0.245. The van der Waals surface area contributed by atoms with Crippen LogP contribution in [0.15, 0.2) is 29.6 Å². The highest BCUT2D eigenvalue weighted by atomic mass is 32.1.